The van der Waals surface area contributed by atoms with Gasteiger partial charge in [0.15, 0.2) is 0 Å². The Kier molecular flexibility index (Phi) is 5.54. The van der Waals surface area contributed by atoms with Gasteiger partial charge in [0.25, 0.3) is 0 Å². The average molecular weight is 601 g/mol. The van der Waals surface area contributed by atoms with Gasteiger partial charge in [-0.15, -0.1) is 0 Å². The van der Waals surface area contributed by atoms with Crippen molar-refractivity contribution in [2.45, 2.75) is 0 Å². The molecule has 0 fully saturated rings. The smallest absolute Gasteiger partial charge is 0.137 e. The number of para-hydroxylation sites is 4. The Hall–Kier alpha value is -6.39. The molecule has 6 aromatic carbocycles. The summed E-state index contributed by atoms with van der Waals surface area (Å²) in [5, 5.41) is 4.97. The summed E-state index contributed by atoms with van der Waals surface area (Å²) in [6, 6.07) is 58.6. The molecular weight excluding hydrogens is 573 g/mol. The zero-order chi connectivity index (χ0) is 30.9. The molecule has 0 saturated carbocycles. The van der Waals surface area contributed by atoms with Crippen molar-refractivity contribution in [3.05, 3.63) is 170 Å². The third-order valence-electron chi connectivity index (χ3n) is 9.43. The molecule has 10 aromatic rings. The van der Waals surface area contributed by atoms with Crippen molar-refractivity contribution >= 4 is 49.3 Å². The first-order valence-electron chi connectivity index (χ1n) is 16.0. The SMILES string of the molecule is c1ccc(-c2nc3ccccn3c2-c2cc(-n3c4ccccc4c4ccccc43)cc(-n3c4ccccc4c4ccccc43)c2)cc1. The molecule has 0 radical (unpaired) electrons. The summed E-state index contributed by atoms with van der Waals surface area (Å²) in [7, 11) is 0. The number of hydrogen-bond acceptors (Lipinski definition) is 1. The van der Waals surface area contributed by atoms with Crippen molar-refractivity contribution in [2.24, 2.45) is 0 Å². The maximum atomic E-state index is 5.19. The van der Waals surface area contributed by atoms with Crippen LogP contribution in [0.4, 0.5) is 0 Å². The van der Waals surface area contributed by atoms with E-state index in [2.05, 4.69) is 184 Å². The van der Waals surface area contributed by atoms with Gasteiger partial charge < -0.3 is 9.13 Å². The van der Waals surface area contributed by atoms with E-state index in [0.29, 0.717) is 0 Å². The molecule has 47 heavy (non-hydrogen) atoms. The second kappa shape index (κ2) is 10.1. The first kappa shape index (κ1) is 25.9. The Morgan fingerprint density at radius 2 is 0.830 bits per heavy atom. The third kappa shape index (κ3) is 3.85. The Morgan fingerprint density at radius 3 is 1.34 bits per heavy atom. The average Bonchev–Trinajstić information content (AvgIpc) is 3.80. The molecule has 0 aliphatic carbocycles. The number of hydrogen-bond donors (Lipinski definition) is 0. The van der Waals surface area contributed by atoms with Crippen molar-refractivity contribution in [1.82, 2.24) is 18.5 Å². The predicted octanol–water partition coefficient (Wildman–Crippen LogP) is 10.9. The molecule has 0 unspecified atom stereocenters. The normalized spacial score (nSPS) is 11.8. The quantitative estimate of drug-likeness (QED) is 0.197. The molecule has 4 heteroatoms. The summed E-state index contributed by atoms with van der Waals surface area (Å²) in [6.07, 6.45) is 2.12. The van der Waals surface area contributed by atoms with Crippen LogP contribution in [-0.4, -0.2) is 18.5 Å². The minimum atomic E-state index is 0.919. The molecule has 0 atom stereocenters. The molecule has 0 saturated heterocycles. The summed E-state index contributed by atoms with van der Waals surface area (Å²) in [5.74, 6) is 0. The minimum Gasteiger partial charge on any atom is -0.309 e. The van der Waals surface area contributed by atoms with Crippen LogP contribution in [0.1, 0.15) is 0 Å². The van der Waals surface area contributed by atoms with Gasteiger partial charge in [-0.3, -0.25) is 4.40 Å². The van der Waals surface area contributed by atoms with Crippen LogP contribution in [0.2, 0.25) is 0 Å². The van der Waals surface area contributed by atoms with Crippen molar-refractivity contribution in [1.29, 1.82) is 0 Å². The molecule has 4 heterocycles. The molecule has 0 amide bonds. The lowest BCUT2D eigenvalue weighted by atomic mass is 10.0. The maximum Gasteiger partial charge on any atom is 0.137 e. The predicted molar refractivity (Wildman–Crippen MR) is 195 cm³/mol. The van der Waals surface area contributed by atoms with E-state index in [1.807, 2.05) is 0 Å². The summed E-state index contributed by atoms with van der Waals surface area (Å²) in [5.41, 5.74) is 12.1. The van der Waals surface area contributed by atoms with Crippen LogP contribution in [0.5, 0.6) is 0 Å². The number of rotatable bonds is 4. The van der Waals surface area contributed by atoms with E-state index in [-0.39, 0.29) is 0 Å². The van der Waals surface area contributed by atoms with E-state index in [4.69, 9.17) is 4.98 Å². The van der Waals surface area contributed by atoms with Crippen LogP contribution in [0, 0.1) is 0 Å². The Labute approximate surface area is 271 Å². The van der Waals surface area contributed by atoms with Crippen LogP contribution in [-0.2, 0) is 0 Å². The van der Waals surface area contributed by atoms with Crippen molar-refractivity contribution in [3.8, 4) is 33.9 Å². The molecule has 0 aliphatic heterocycles. The fourth-order valence-corrected chi connectivity index (χ4v) is 7.46. The van der Waals surface area contributed by atoms with Gasteiger partial charge in [-0.2, -0.15) is 0 Å². The molecule has 4 nitrogen and oxygen atoms in total. The fraction of sp³-hybridized carbons (Fsp3) is 0. The standard InChI is InChI=1S/C43H28N4/c1-2-14-29(15-3-1)42-43(45-25-13-12-24-41(45)44-42)30-26-31(46-37-20-8-4-16-33(37)34-17-5-9-21-38(34)46)28-32(27-30)47-39-22-10-6-18-35(39)36-19-7-11-23-40(36)47/h1-28H. The highest BCUT2D eigenvalue weighted by atomic mass is 15.0. The van der Waals surface area contributed by atoms with Crippen molar-refractivity contribution < 1.29 is 0 Å². The topological polar surface area (TPSA) is 27.2 Å². The van der Waals surface area contributed by atoms with Crippen LogP contribution in [0.25, 0.3) is 83.1 Å². The Morgan fingerprint density at radius 1 is 0.383 bits per heavy atom. The first-order chi connectivity index (χ1) is 23.3. The van der Waals surface area contributed by atoms with Gasteiger partial charge in [0.05, 0.1) is 33.5 Å². The van der Waals surface area contributed by atoms with E-state index in [1.54, 1.807) is 0 Å². The third-order valence-corrected chi connectivity index (χ3v) is 9.43. The maximum absolute atomic E-state index is 5.19. The largest absolute Gasteiger partial charge is 0.309 e. The lowest BCUT2D eigenvalue weighted by Crippen LogP contribution is -2.01. The van der Waals surface area contributed by atoms with Crippen LogP contribution >= 0.6 is 0 Å². The second-order valence-electron chi connectivity index (χ2n) is 12.1. The zero-order valence-corrected chi connectivity index (χ0v) is 25.5. The van der Waals surface area contributed by atoms with Crippen molar-refractivity contribution in [3.63, 3.8) is 0 Å². The molecular formula is C43H28N4. The van der Waals surface area contributed by atoms with E-state index in [1.165, 1.54) is 43.6 Å². The molecule has 0 N–H and O–H groups in total. The number of aromatic nitrogens is 4. The summed E-state index contributed by atoms with van der Waals surface area (Å²) in [6.45, 7) is 0. The Balaban J connectivity index is 1.37. The lowest BCUT2D eigenvalue weighted by molar-refractivity contribution is 1.13. The fourth-order valence-electron chi connectivity index (χ4n) is 7.46. The molecule has 10 rings (SSSR count). The van der Waals surface area contributed by atoms with Gasteiger partial charge >= 0.3 is 0 Å². The molecule has 0 bridgehead atoms. The van der Waals surface area contributed by atoms with Gasteiger partial charge in [-0.05, 0) is 54.6 Å². The highest BCUT2D eigenvalue weighted by Crippen LogP contribution is 2.40. The molecule has 4 aromatic heterocycles. The summed E-state index contributed by atoms with van der Waals surface area (Å²) >= 11 is 0. The van der Waals surface area contributed by atoms with E-state index >= 15 is 0 Å². The van der Waals surface area contributed by atoms with Crippen LogP contribution in [0.3, 0.4) is 0 Å². The molecule has 0 spiro atoms. The van der Waals surface area contributed by atoms with Gasteiger partial charge in [0.1, 0.15) is 5.65 Å². The van der Waals surface area contributed by atoms with Gasteiger partial charge in [-0.1, -0.05) is 109 Å². The van der Waals surface area contributed by atoms with Gasteiger partial charge in [0.2, 0.25) is 0 Å². The van der Waals surface area contributed by atoms with Gasteiger partial charge in [-0.25, -0.2) is 4.98 Å². The van der Waals surface area contributed by atoms with Crippen LogP contribution < -0.4 is 0 Å². The lowest BCUT2D eigenvalue weighted by Gasteiger charge is -2.16. The molecule has 0 aliphatic rings. The highest BCUT2D eigenvalue weighted by molar-refractivity contribution is 6.10. The highest BCUT2D eigenvalue weighted by Gasteiger charge is 2.21. The number of benzene rings is 6. The van der Waals surface area contributed by atoms with E-state index < -0.39 is 0 Å². The van der Waals surface area contributed by atoms with Crippen LogP contribution in [0.15, 0.2) is 170 Å². The van der Waals surface area contributed by atoms with Crippen molar-refractivity contribution in [2.75, 3.05) is 0 Å². The number of pyridine rings is 1. The monoisotopic (exact) mass is 600 g/mol. The minimum absolute atomic E-state index is 0.919. The summed E-state index contributed by atoms with van der Waals surface area (Å²) in [4.78, 5) is 5.19. The number of imidazole rings is 1. The Bertz CT molecular complexity index is 2560. The number of nitrogens with zero attached hydrogens (tertiary/aromatic N) is 4. The summed E-state index contributed by atoms with van der Waals surface area (Å²) < 4.78 is 7.05. The van der Waals surface area contributed by atoms with E-state index in [0.717, 1.165) is 39.5 Å². The second-order valence-corrected chi connectivity index (χ2v) is 12.1. The molecule has 220 valence electrons. The zero-order valence-electron chi connectivity index (χ0n) is 25.5. The van der Waals surface area contributed by atoms with E-state index in [9.17, 15) is 0 Å². The number of fused-ring (bicyclic) bond motifs is 7. The first-order valence-corrected chi connectivity index (χ1v) is 16.0. The van der Waals surface area contributed by atoms with Gasteiger partial charge in [0, 0.05) is 50.2 Å².